The summed E-state index contributed by atoms with van der Waals surface area (Å²) >= 11 is 0. The monoisotopic (exact) mass is 296 g/mol. The predicted octanol–water partition coefficient (Wildman–Crippen LogP) is 0.643. The fourth-order valence-corrected chi connectivity index (χ4v) is 1.59. The predicted molar refractivity (Wildman–Crippen MR) is 68.9 cm³/mol. The van der Waals surface area contributed by atoms with Crippen LogP contribution in [0.15, 0.2) is 24.3 Å². The van der Waals surface area contributed by atoms with E-state index in [0.29, 0.717) is 0 Å². The molecule has 0 spiro atoms. The molecule has 0 aliphatic rings. The molecule has 0 saturated carbocycles. The quantitative estimate of drug-likeness (QED) is 0.494. The molecule has 21 heavy (non-hydrogen) atoms. The minimum Gasteiger partial charge on any atom is -0.481 e. The van der Waals surface area contributed by atoms with E-state index in [9.17, 15) is 24.5 Å². The average molecular weight is 296 g/mol. The first-order chi connectivity index (χ1) is 9.82. The van der Waals surface area contributed by atoms with E-state index in [1.54, 1.807) is 0 Å². The van der Waals surface area contributed by atoms with Gasteiger partial charge in [0.15, 0.2) is 0 Å². The second-order valence-electron chi connectivity index (χ2n) is 4.07. The first kappa shape index (κ1) is 16.1. The molecule has 9 nitrogen and oxygen atoms in total. The molecule has 112 valence electrons. The Morgan fingerprint density at radius 2 is 1.86 bits per heavy atom. The highest BCUT2D eigenvalue weighted by Gasteiger charge is 2.25. The Morgan fingerprint density at radius 1 is 1.24 bits per heavy atom. The molecule has 0 aromatic heterocycles. The number of carbonyl (C=O) groups excluding carboxylic acids is 1. The zero-order chi connectivity index (χ0) is 16.0. The number of benzene rings is 1. The summed E-state index contributed by atoms with van der Waals surface area (Å²) in [5.41, 5.74) is -0.749. The van der Waals surface area contributed by atoms with Gasteiger partial charge >= 0.3 is 11.9 Å². The molecule has 1 unspecified atom stereocenters. The van der Waals surface area contributed by atoms with Gasteiger partial charge < -0.3 is 15.5 Å². The van der Waals surface area contributed by atoms with Crippen molar-refractivity contribution in [2.45, 2.75) is 18.9 Å². The summed E-state index contributed by atoms with van der Waals surface area (Å²) < 4.78 is 0. The topological polar surface area (TPSA) is 147 Å². The van der Waals surface area contributed by atoms with Crippen molar-refractivity contribution in [1.82, 2.24) is 5.32 Å². The number of nitrogens with zero attached hydrogens (tertiary/aromatic N) is 1. The Labute approximate surface area is 118 Å². The number of amides is 1. The standard InChI is InChI=1S/C12H12N2O7/c15-10(16)6-5-8(12(18)19)13-11(17)7-3-1-2-4-9(7)14(20)21/h1-4,8H,5-6H2,(H,13,17)(H,15,16)(H,18,19). The van der Waals surface area contributed by atoms with Gasteiger partial charge in [0.1, 0.15) is 11.6 Å². The number of nitro groups is 1. The van der Waals surface area contributed by atoms with E-state index in [1.807, 2.05) is 0 Å². The zero-order valence-corrected chi connectivity index (χ0v) is 10.7. The molecule has 1 aromatic carbocycles. The molecule has 0 bridgehead atoms. The lowest BCUT2D eigenvalue weighted by Crippen LogP contribution is -2.41. The van der Waals surface area contributed by atoms with E-state index in [-0.39, 0.29) is 12.0 Å². The van der Waals surface area contributed by atoms with Crippen molar-refractivity contribution in [2.75, 3.05) is 0 Å². The summed E-state index contributed by atoms with van der Waals surface area (Å²) in [6.45, 7) is 0. The fraction of sp³-hybridized carbons (Fsp3) is 0.250. The van der Waals surface area contributed by atoms with Crippen molar-refractivity contribution < 1.29 is 29.5 Å². The van der Waals surface area contributed by atoms with Gasteiger partial charge in [0, 0.05) is 12.5 Å². The van der Waals surface area contributed by atoms with Crippen LogP contribution in [0.25, 0.3) is 0 Å². The van der Waals surface area contributed by atoms with Crippen molar-refractivity contribution in [3.8, 4) is 0 Å². The SMILES string of the molecule is O=C(O)CCC(NC(=O)c1ccccc1[N+](=O)[O-])C(=O)O. The molecule has 0 saturated heterocycles. The smallest absolute Gasteiger partial charge is 0.326 e. The number of para-hydroxylation sites is 1. The highest BCUT2D eigenvalue weighted by molar-refractivity contribution is 6.00. The maximum atomic E-state index is 11.9. The second kappa shape index (κ2) is 6.98. The number of carbonyl (C=O) groups is 3. The normalized spacial score (nSPS) is 11.4. The van der Waals surface area contributed by atoms with Crippen LogP contribution in [0.4, 0.5) is 5.69 Å². The Kier molecular flexibility index (Phi) is 5.35. The van der Waals surface area contributed by atoms with Gasteiger partial charge in [-0.2, -0.15) is 0 Å². The molecule has 1 amide bonds. The average Bonchev–Trinajstić information content (AvgIpc) is 2.42. The minimum atomic E-state index is -1.44. The summed E-state index contributed by atoms with van der Waals surface area (Å²) in [6.07, 6.45) is -0.773. The van der Waals surface area contributed by atoms with E-state index in [2.05, 4.69) is 5.32 Å². The molecule has 1 atom stereocenters. The lowest BCUT2D eigenvalue weighted by Gasteiger charge is -2.13. The molecule has 0 aliphatic heterocycles. The van der Waals surface area contributed by atoms with E-state index in [4.69, 9.17) is 10.2 Å². The third-order valence-corrected chi connectivity index (χ3v) is 2.60. The van der Waals surface area contributed by atoms with Gasteiger partial charge in [-0.1, -0.05) is 12.1 Å². The largest absolute Gasteiger partial charge is 0.481 e. The molecule has 0 aliphatic carbocycles. The van der Waals surface area contributed by atoms with Gasteiger partial charge in [-0.15, -0.1) is 0 Å². The van der Waals surface area contributed by atoms with Gasteiger partial charge in [-0.25, -0.2) is 4.79 Å². The first-order valence-electron chi connectivity index (χ1n) is 5.81. The number of carboxylic acids is 2. The number of nitro benzene ring substituents is 1. The van der Waals surface area contributed by atoms with Gasteiger partial charge in [0.25, 0.3) is 11.6 Å². The third-order valence-electron chi connectivity index (χ3n) is 2.60. The summed E-state index contributed by atoms with van der Waals surface area (Å²) in [6, 6.07) is 3.63. The summed E-state index contributed by atoms with van der Waals surface area (Å²) in [5.74, 6) is -3.57. The van der Waals surface area contributed by atoms with Crippen molar-refractivity contribution in [1.29, 1.82) is 0 Å². The van der Waals surface area contributed by atoms with Crippen LogP contribution in [-0.2, 0) is 9.59 Å². The molecule has 9 heteroatoms. The van der Waals surface area contributed by atoms with Crippen molar-refractivity contribution in [3.05, 3.63) is 39.9 Å². The molecular formula is C12H12N2O7. The van der Waals surface area contributed by atoms with Gasteiger partial charge in [0.2, 0.25) is 0 Å². The molecule has 0 heterocycles. The van der Waals surface area contributed by atoms with Crippen molar-refractivity contribution in [2.24, 2.45) is 0 Å². The summed E-state index contributed by atoms with van der Waals surface area (Å²) in [4.78, 5) is 43.3. The number of hydrogen-bond acceptors (Lipinski definition) is 5. The zero-order valence-electron chi connectivity index (χ0n) is 10.7. The van der Waals surface area contributed by atoms with E-state index in [0.717, 1.165) is 6.07 Å². The van der Waals surface area contributed by atoms with Crippen LogP contribution in [0.5, 0.6) is 0 Å². The Morgan fingerprint density at radius 3 is 2.38 bits per heavy atom. The number of nitrogens with one attached hydrogen (secondary N) is 1. The number of carboxylic acid groups (broad SMARTS) is 2. The van der Waals surface area contributed by atoms with E-state index < -0.39 is 40.9 Å². The van der Waals surface area contributed by atoms with Crippen molar-refractivity contribution in [3.63, 3.8) is 0 Å². The lowest BCUT2D eigenvalue weighted by molar-refractivity contribution is -0.385. The van der Waals surface area contributed by atoms with Gasteiger partial charge in [0.05, 0.1) is 4.92 Å². The summed E-state index contributed by atoms with van der Waals surface area (Å²) in [5, 5.41) is 30.3. The first-order valence-corrected chi connectivity index (χ1v) is 5.81. The number of rotatable bonds is 7. The molecule has 3 N–H and O–H groups in total. The second-order valence-corrected chi connectivity index (χ2v) is 4.07. The fourth-order valence-electron chi connectivity index (χ4n) is 1.59. The maximum absolute atomic E-state index is 11.9. The van der Waals surface area contributed by atoms with Crippen LogP contribution >= 0.6 is 0 Å². The number of aliphatic carboxylic acids is 2. The van der Waals surface area contributed by atoms with Crippen LogP contribution in [-0.4, -0.2) is 39.0 Å². The van der Waals surface area contributed by atoms with E-state index >= 15 is 0 Å². The molecule has 0 radical (unpaired) electrons. The highest BCUT2D eigenvalue weighted by Crippen LogP contribution is 2.17. The van der Waals surface area contributed by atoms with E-state index in [1.165, 1.54) is 18.2 Å². The van der Waals surface area contributed by atoms with Crippen LogP contribution in [0.2, 0.25) is 0 Å². The minimum absolute atomic E-state index is 0.288. The van der Waals surface area contributed by atoms with Crippen LogP contribution in [0, 0.1) is 10.1 Å². The van der Waals surface area contributed by atoms with Crippen molar-refractivity contribution >= 4 is 23.5 Å². The molecule has 1 aromatic rings. The van der Waals surface area contributed by atoms with Crippen LogP contribution in [0.1, 0.15) is 23.2 Å². The third kappa shape index (κ3) is 4.56. The van der Waals surface area contributed by atoms with Crippen LogP contribution < -0.4 is 5.32 Å². The lowest BCUT2D eigenvalue weighted by atomic mass is 10.1. The Bertz CT molecular complexity index is 585. The Hall–Kier alpha value is -2.97. The summed E-state index contributed by atoms with van der Waals surface area (Å²) in [7, 11) is 0. The highest BCUT2D eigenvalue weighted by atomic mass is 16.6. The molecule has 1 rings (SSSR count). The Balaban J connectivity index is 2.90. The van der Waals surface area contributed by atoms with Crippen LogP contribution in [0.3, 0.4) is 0 Å². The van der Waals surface area contributed by atoms with Gasteiger partial charge in [-0.3, -0.25) is 19.7 Å². The number of hydrogen-bond donors (Lipinski definition) is 3. The maximum Gasteiger partial charge on any atom is 0.326 e. The molecule has 0 fully saturated rings. The molecular weight excluding hydrogens is 284 g/mol. The van der Waals surface area contributed by atoms with Gasteiger partial charge in [-0.05, 0) is 12.5 Å².